The first-order valence-electron chi connectivity index (χ1n) is 14.5. The summed E-state index contributed by atoms with van der Waals surface area (Å²) in [6.07, 6.45) is 13.5. The molecule has 0 spiro atoms. The van der Waals surface area contributed by atoms with Crippen LogP contribution in [0.2, 0.25) is 0 Å². The van der Waals surface area contributed by atoms with Gasteiger partial charge in [-0.3, -0.25) is 0 Å². The smallest absolute Gasteiger partial charge is 0.127 e. The van der Waals surface area contributed by atoms with Crippen LogP contribution in [0, 0.1) is 39.5 Å². The van der Waals surface area contributed by atoms with Crippen LogP contribution in [0.3, 0.4) is 0 Å². The topological polar surface area (TPSA) is 18.5 Å². The normalized spacial score (nSPS) is 12.5. The van der Waals surface area contributed by atoms with Crippen LogP contribution < -0.4 is 9.47 Å². The van der Waals surface area contributed by atoms with Crippen LogP contribution in [-0.2, 0) is 0 Å². The molecule has 0 fully saturated rings. The molecule has 0 heterocycles. The van der Waals surface area contributed by atoms with Gasteiger partial charge in [-0.05, 0) is 69.2 Å². The fraction of sp³-hybridized carbons (Fsp3) is 0.405. The van der Waals surface area contributed by atoms with Gasteiger partial charge in [-0.25, -0.2) is 0 Å². The standard InChI is InChI=1S/C37H48O2/c1-26(2)10-9-11-27(3)16-17-39-37-25-34(14-12-32-20-28(4)18-29(5)21-32)36(38-8)24-35(37)15-13-33-22-30(6)19-31(7)23-33/h12-15,18-27H,9-11,16-17H2,1-8H3/b14-12+,15-13+. The molecule has 0 aliphatic heterocycles. The van der Waals surface area contributed by atoms with E-state index in [1.807, 2.05) is 0 Å². The monoisotopic (exact) mass is 524 g/mol. The molecule has 0 bridgehead atoms. The van der Waals surface area contributed by atoms with Crippen LogP contribution in [0.25, 0.3) is 24.3 Å². The van der Waals surface area contributed by atoms with Crippen LogP contribution in [-0.4, -0.2) is 13.7 Å². The third-order valence-corrected chi connectivity index (χ3v) is 7.11. The van der Waals surface area contributed by atoms with E-state index in [0.29, 0.717) is 12.5 Å². The van der Waals surface area contributed by atoms with Crippen LogP contribution in [0.5, 0.6) is 11.5 Å². The van der Waals surface area contributed by atoms with E-state index in [1.165, 1.54) is 52.6 Å². The Morgan fingerprint density at radius 3 is 1.56 bits per heavy atom. The Hall–Kier alpha value is -3.26. The molecule has 1 unspecified atom stereocenters. The quantitative estimate of drug-likeness (QED) is 0.207. The first-order chi connectivity index (χ1) is 18.6. The average Bonchev–Trinajstić information content (AvgIpc) is 2.85. The molecule has 0 aliphatic carbocycles. The molecule has 0 radical (unpaired) electrons. The zero-order valence-electron chi connectivity index (χ0n) is 25.4. The summed E-state index contributed by atoms with van der Waals surface area (Å²) in [5.41, 5.74) is 9.48. The zero-order valence-corrected chi connectivity index (χ0v) is 25.4. The summed E-state index contributed by atoms with van der Waals surface area (Å²) in [7, 11) is 1.74. The summed E-state index contributed by atoms with van der Waals surface area (Å²) in [4.78, 5) is 0. The van der Waals surface area contributed by atoms with Crippen molar-refractivity contribution in [1.82, 2.24) is 0 Å². The van der Waals surface area contributed by atoms with Crippen molar-refractivity contribution in [3.8, 4) is 11.5 Å². The highest BCUT2D eigenvalue weighted by molar-refractivity contribution is 5.79. The minimum absolute atomic E-state index is 0.653. The SMILES string of the molecule is COc1cc(/C=C/c2cc(C)cc(C)c2)c(OCCC(C)CCCC(C)C)cc1/C=C/c1cc(C)cc(C)c1. The second-order valence-electron chi connectivity index (χ2n) is 11.7. The highest BCUT2D eigenvalue weighted by atomic mass is 16.5. The third-order valence-electron chi connectivity index (χ3n) is 7.11. The van der Waals surface area contributed by atoms with Crippen molar-refractivity contribution in [3.63, 3.8) is 0 Å². The second kappa shape index (κ2) is 14.8. The molecular formula is C37H48O2. The van der Waals surface area contributed by atoms with Crippen molar-refractivity contribution in [2.45, 2.75) is 74.1 Å². The summed E-state index contributed by atoms with van der Waals surface area (Å²) < 4.78 is 12.3. The van der Waals surface area contributed by atoms with Gasteiger partial charge in [0.15, 0.2) is 0 Å². The number of aryl methyl sites for hydroxylation is 4. The van der Waals surface area contributed by atoms with Gasteiger partial charge >= 0.3 is 0 Å². The van der Waals surface area contributed by atoms with Gasteiger partial charge in [-0.15, -0.1) is 0 Å². The lowest BCUT2D eigenvalue weighted by atomic mass is 9.97. The van der Waals surface area contributed by atoms with Gasteiger partial charge in [-0.2, -0.15) is 0 Å². The number of benzene rings is 3. The van der Waals surface area contributed by atoms with Gasteiger partial charge in [0, 0.05) is 11.1 Å². The molecular weight excluding hydrogens is 476 g/mol. The number of hydrogen-bond donors (Lipinski definition) is 0. The fourth-order valence-electron chi connectivity index (χ4n) is 5.13. The molecule has 3 aromatic carbocycles. The Bertz CT molecular complexity index is 1240. The molecule has 0 aliphatic rings. The van der Waals surface area contributed by atoms with Crippen LogP contribution >= 0.6 is 0 Å². The third kappa shape index (κ3) is 10.1. The van der Waals surface area contributed by atoms with Crippen molar-refractivity contribution < 1.29 is 9.47 Å². The molecule has 1 atom stereocenters. The lowest BCUT2D eigenvalue weighted by Gasteiger charge is -2.16. The van der Waals surface area contributed by atoms with Crippen molar-refractivity contribution in [2.24, 2.45) is 11.8 Å². The predicted molar refractivity (Wildman–Crippen MR) is 171 cm³/mol. The molecule has 3 aromatic rings. The largest absolute Gasteiger partial charge is 0.496 e. The molecule has 0 saturated heterocycles. The van der Waals surface area contributed by atoms with Gasteiger partial charge in [0.1, 0.15) is 11.5 Å². The van der Waals surface area contributed by atoms with Gasteiger partial charge in [0.2, 0.25) is 0 Å². The molecule has 39 heavy (non-hydrogen) atoms. The maximum atomic E-state index is 6.46. The first-order valence-corrected chi connectivity index (χ1v) is 14.5. The van der Waals surface area contributed by atoms with Gasteiger partial charge in [0.25, 0.3) is 0 Å². The Morgan fingerprint density at radius 2 is 1.08 bits per heavy atom. The molecule has 0 saturated carbocycles. The molecule has 0 aromatic heterocycles. The van der Waals surface area contributed by atoms with E-state index in [-0.39, 0.29) is 0 Å². The number of ether oxygens (including phenoxy) is 2. The van der Waals surface area contributed by atoms with Gasteiger partial charge in [-0.1, -0.05) is 123 Å². The van der Waals surface area contributed by atoms with Gasteiger partial charge < -0.3 is 9.47 Å². The van der Waals surface area contributed by atoms with Gasteiger partial charge in [0.05, 0.1) is 13.7 Å². The minimum Gasteiger partial charge on any atom is -0.496 e. The van der Waals surface area contributed by atoms with E-state index in [9.17, 15) is 0 Å². The first kappa shape index (κ1) is 30.3. The van der Waals surface area contributed by atoms with E-state index in [2.05, 4.69) is 121 Å². The van der Waals surface area contributed by atoms with Crippen molar-refractivity contribution in [1.29, 1.82) is 0 Å². The highest BCUT2D eigenvalue weighted by Crippen LogP contribution is 2.32. The maximum Gasteiger partial charge on any atom is 0.127 e. The Balaban J connectivity index is 1.88. The minimum atomic E-state index is 0.653. The molecule has 2 heteroatoms. The van der Waals surface area contributed by atoms with E-state index in [1.54, 1.807) is 7.11 Å². The van der Waals surface area contributed by atoms with E-state index in [0.717, 1.165) is 35.0 Å². The molecule has 3 rings (SSSR count). The van der Waals surface area contributed by atoms with E-state index in [4.69, 9.17) is 9.47 Å². The summed E-state index contributed by atoms with van der Waals surface area (Å²) in [6, 6.07) is 17.5. The lowest BCUT2D eigenvalue weighted by Crippen LogP contribution is -2.06. The summed E-state index contributed by atoms with van der Waals surface area (Å²) >= 11 is 0. The predicted octanol–water partition coefficient (Wildman–Crippen LogP) is 10.5. The fourth-order valence-corrected chi connectivity index (χ4v) is 5.13. The molecule has 0 amide bonds. The molecule has 208 valence electrons. The van der Waals surface area contributed by atoms with E-state index < -0.39 is 0 Å². The summed E-state index contributed by atoms with van der Waals surface area (Å²) in [5, 5.41) is 0. The van der Waals surface area contributed by atoms with Crippen LogP contribution in [0.15, 0.2) is 48.5 Å². The van der Waals surface area contributed by atoms with Crippen molar-refractivity contribution in [2.75, 3.05) is 13.7 Å². The van der Waals surface area contributed by atoms with Crippen molar-refractivity contribution in [3.05, 3.63) is 93.0 Å². The number of hydrogen-bond acceptors (Lipinski definition) is 2. The molecule has 2 nitrogen and oxygen atoms in total. The Labute approximate surface area is 237 Å². The maximum absolute atomic E-state index is 6.46. The highest BCUT2D eigenvalue weighted by Gasteiger charge is 2.11. The van der Waals surface area contributed by atoms with Crippen molar-refractivity contribution >= 4 is 24.3 Å². The summed E-state index contributed by atoms with van der Waals surface area (Å²) in [6.45, 7) is 16.2. The number of rotatable bonds is 13. The second-order valence-corrected chi connectivity index (χ2v) is 11.7. The average molecular weight is 525 g/mol. The number of methoxy groups -OCH3 is 1. The summed E-state index contributed by atoms with van der Waals surface area (Å²) in [5.74, 6) is 3.16. The lowest BCUT2D eigenvalue weighted by molar-refractivity contribution is 0.275. The van der Waals surface area contributed by atoms with Crippen LogP contribution in [0.1, 0.15) is 91.0 Å². The molecule has 0 N–H and O–H groups in total. The zero-order chi connectivity index (χ0) is 28.4. The Kier molecular flexibility index (Phi) is 11.5. The van der Waals surface area contributed by atoms with E-state index >= 15 is 0 Å². The Morgan fingerprint density at radius 1 is 0.590 bits per heavy atom. The van der Waals surface area contributed by atoms with Crippen LogP contribution in [0.4, 0.5) is 0 Å².